The predicted octanol–water partition coefficient (Wildman–Crippen LogP) is 3.23. The van der Waals surface area contributed by atoms with Gasteiger partial charge < -0.3 is 5.11 Å². The molecule has 0 fully saturated rings. The maximum Gasteiger partial charge on any atom is 0.0854 e. The molecule has 2 N–H and O–H groups in total. The van der Waals surface area contributed by atoms with Crippen LogP contribution in [0.1, 0.15) is 64.2 Å². The van der Waals surface area contributed by atoms with Crippen molar-refractivity contribution in [2.45, 2.75) is 64.2 Å². The Kier molecular flexibility index (Phi) is 15.6. The van der Waals surface area contributed by atoms with Crippen molar-refractivity contribution < 1.29 is 25.3 Å². The fourth-order valence-corrected chi connectivity index (χ4v) is 1.74. The molecular formula is C12H26O5. The smallest absolute Gasteiger partial charge is 0.0854 e. The molecule has 0 rings (SSSR count). The van der Waals surface area contributed by atoms with Crippen molar-refractivity contribution in [3.63, 3.8) is 0 Å². The minimum atomic E-state index is 0.326. The molecule has 0 heterocycles. The molecule has 0 unspecified atom stereocenters. The average molecular weight is 250 g/mol. The van der Waals surface area contributed by atoms with E-state index in [9.17, 15) is 0 Å². The van der Waals surface area contributed by atoms with Crippen LogP contribution in [0.3, 0.4) is 0 Å². The Labute approximate surface area is 103 Å². The third kappa shape index (κ3) is 15.8. The van der Waals surface area contributed by atoms with Crippen LogP contribution in [0.5, 0.6) is 0 Å². The van der Waals surface area contributed by atoms with E-state index in [0.717, 1.165) is 25.7 Å². The van der Waals surface area contributed by atoms with E-state index in [0.29, 0.717) is 13.2 Å². The fourth-order valence-electron chi connectivity index (χ4n) is 1.74. The summed E-state index contributed by atoms with van der Waals surface area (Å²) in [5, 5.41) is 23.6. The normalized spacial score (nSPS) is 10.9. The van der Waals surface area contributed by atoms with Crippen molar-refractivity contribution in [3.8, 4) is 0 Å². The van der Waals surface area contributed by atoms with Gasteiger partial charge >= 0.3 is 0 Å². The molecule has 0 saturated carbocycles. The summed E-state index contributed by atoms with van der Waals surface area (Å²) in [6.07, 6.45) is 11.7. The predicted molar refractivity (Wildman–Crippen MR) is 64.0 cm³/mol. The van der Waals surface area contributed by atoms with Crippen LogP contribution in [0.15, 0.2) is 0 Å². The Morgan fingerprint density at radius 1 is 0.647 bits per heavy atom. The van der Waals surface area contributed by atoms with Gasteiger partial charge in [-0.25, -0.2) is 10.1 Å². The second kappa shape index (κ2) is 15.8. The lowest BCUT2D eigenvalue weighted by Gasteiger charge is -2.02. The topological polar surface area (TPSA) is 68.2 Å². The molecule has 0 aliphatic rings. The molecule has 0 radical (unpaired) electrons. The third-order valence-electron chi connectivity index (χ3n) is 2.71. The van der Waals surface area contributed by atoms with E-state index in [1.165, 1.54) is 38.5 Å². The largest absolute Gasteiger partial charge is 0.396 e. The Morgan fingerprint density at radius 2 is 1.12 bits per heavy atom. The van der Waals surface area contributed by atoms with Crippen LogP contribution in [-0.2, 0) is 15.0 Å². The highest BCUT2D eigenvalue weighted by molar-refractivity contribution is 4.47. The van der Waals surface area contributed by atoms with E-state index >= 15 is 0 Å². The van der Waals surface area contributed by atoms with E-state index in [1.54, 1.807) is 0 Å². The summed E-state index contributed by atoms with van der Waals surface area (Å²) < 4.78 is 0. The molecule has 0 aromatic carbocycles. The summed E-state index contributed by atoms with van der Waals surface area (Å²) in [4.78, 5) is 4.47. The van der Waals surface area contributed by atoms with Gasteiger partial charge in [0.1, 0.15) is 0 Å². The molecule has 17 heavy (non-hydrogen) atoms. The lowest BCUT2D eigenvalue weighted by Crippen LogP contribution is -1.95. The molecule has 5 nitrogen and oxygen atoms in total. The highest BCUT2D eigenvalue weighted by Crippen LogP contribution is 2.10. The zero-order chi connectivity index (χ0) is 12.6. The van der Waals surface area contributed by atoms with Crippen molar-refractivity contribution in [3.05, 3.63) is 0 Å². The first-order valence-corrected chi connectivity index (χ1v) is 6.62. The SMILES string of the molecule is OCCCCCCCCCCCCOOOO. The summed E-state index contributed by atoms with van der Waals surface area (Å²) in [7, 11) is 0. The van der Waals surface area contributed by atoms with Crippen LogP contribution >= 0.6 is 0 Å². The summed E-state index contributed by atoms with van der Waals surface area (Å²) in [6, 6.07) is 0. The lowest BCUT2D eigenvalue weighted by molar-refractivity contribution is -0.623. The van der Waals surface area contributed by atoms with E-state index in [2.05, 4.69) is 15.0 Å². The fraction of sp³-hybridized carbons (Fsp3) is 1.00. The van der Waals surface area contributed by atoms with E-state index in [-0.39, 0.29) is 0 Å². The summed E-state index contributed by atoms with van der Waals surface area (Å²) in [6.45, 7) is 0.773. The number of aliphatic hydroxyl groups excluding tert-OH is 1. The van der Waals surface area contributed by atoms with Crippen molar-refractivity contribution >= 4 is 0 Å². The number of aliphatic hydroxyl groups is 1. The summed E-state index contributed by atoms with van der Waals surface area (Å²) >= 11 is 0. The Bertz CT molecular complexity index is 118. The minimum absolute atomic E-state index is 0.326. The molecule has 0 aliphatic carbocycles. The Hall–Kier alpha value is -0.200. The van der Waals surface area contributed by atoms with Gasteiger partial charge in [0.2, 0.25) is 0 Å². The van der Waals surface area contributed by atoms with Gasteiger partial charge in [-0.1, -0.05) is 51.4 Å². The van der Waals surface area contributed by atoms with Crippen LogP contribution in [-0.4, -0.2) is 23.6 Å². The zero-order valence-corrected chi connectivity index (χ0v) is 10.6. The van der Waals surface area contributed by atoms with Crippen LogP contribution in [0.2, 0.25) is 0 Å². The van der Waals surface area contributed by atoms with Gasteiger partial charge in [0.25, 0.3) is 0 Å². The van der Waals surface area contributed by atoms with Crippen LogP contribution in [0, 0.1) is 0 Å². The maximum atomic E-state index is 8.60. The summed E-state index contributed by atoms with van der Waals surface area (Å²) in [5.41, 5.74) is 0. The molecule has 0 aromatic heterocycles. The maximum absolute atomic E-state index is 8.60. The number of unbranched alkanes of at least 4 members (excludes halogenated alkanes) is 9. The van der Waals surface area contributed by atoms with Gasteiger partial charge in [0, 0.05) is 6.61 Å². The van der Waals surface area contributed by atoms with Crippen LogP contribution in [0.4, 0.5) is 0 Å². The van der Waals surface area contributed by atoms with Gasteiger partial charge in [0.15, 0.2) is 0 Å². The number of hydrogen-bond acceptors (Lipinski definition) is 5. The molecule has 0 aromatic rings. The van der Waals surface area contributed by atoms with Crippen molar-refractivity contribution in [1.82, 2.24) is 0 Å². The highest BCUT2D eigenvalue weighted by atomic mass is 17.6. The average Bonchev–Trinajstić information content (AvgIpc) is 2.35. The van der Waals surface area contributed by atoms with E-state index in [4.69, 9.17) is 10.4 Å². The van der Waals surface area contributed by atoms with Gasteiger partial charge in [-0.3, -0.25) is 0 Å². The van der Waals surface area contributed by atoms with Crippen LogP contribution in [0.25, 0.3) is 0 Å². The molecule has 104 valence electrons. The molecular weight excluding hydrogens is 224 g/mol. The summed E-state index contributed by atoms with van der Waals surface area (Å²) in [5.74, 6) is 0. The van der Waals surface area contributed by atoms with Gasteiger partial charge in [-0.2, -0.15) is 0 Å². The lowest BCUT2D eigenvalue weighted by atomic mass is 10.1. The van der Waals surface area contributed by atoms with E-state index < -0.39 is 0 Å². The molecule has 0 amide bonds. The monoisotopic (exact) mass is 250 g/mol. The van der Waals surface area contributed by atoms with Gasteiger partial charge in [-0.15, -0.1) is 0 Å². The first kappa shape index (κ1) is 16.8. The minimum Gasteiger partial charge on any atom is -0.396 e. The van der Waals surface area contributed by atoms with Crippen molar-refractivity contribution in [2.24, 2.45) is 0 Å². The Morgan fingerprint density at radius 3 is 1.59 bits per heavy atom. The third-order valence-corrected chi connectivity index (χ3v) is 2.71. The second-order valence-corrected chi connectivity index (χ2v) is 4.22. The molecule has 0 atom stereocenters. The van der Waals surface area contributed by atoms with Crippen molar-refractivity contribution in [2.75, 3.05) is 13.2 Å². The van der Waals surface area contributed by atoms with Gasteiger partial charge in [-0.05, 0) is 22.9 Å². The van der Waals surface area contributed by atoms with Gasteiger partial charge in [0.05, 0.1) is 6.61 Å². The van der Waals surface area contributed by atoms with Crippen molar-refractivity contribution in [1.29, 1.82) is 0 Å². The molecule has 0 bridgehead atoms. The Balaban J connectivity index is 2.85. The van der Waals surface area contributed by atoms with Crippen LogP contribution < -0.4 is 0 Å². The second-order valence-electron chi connectivity index (χ2n) is 4.22. The molecule has 0 aliphatic heterocycles. The highest BCUT2D eigenvalue weighted by Gasteiger charge is 1.93. The molecule has 0 spiro atoms. The molecule has 0 saturated heterocycles. The first-order valence-electron chi connectivity index (χ1n) is 6.62. The molecule has 5 heteroatoms. The van der Waals surface area contributed by atoms with E-state index in [1.807, 2.05) is 0 Å². The standard InChI is InChI=1S/C12H26O5/c13-11-9-7-5-3-1-2-4-6-8-10-12-15-17-16-14/h13-14H,1-12H2. The number of hydrogen-bond donors (Lipinski definition) is 2. The quantitative estimate of drug-likeness (QED) is 0.281. The first-order chi connectivity index (χ1) is 8.41. The zero-order valence-electron chi connectivity index (χ0n) is 10.6. The number of rotatable bonds is 14.